The third-order valence-corrected chi connectivity index (χ3v) is 5.58. The largest absolute Gasteiger partial charge is 0.369 e. The van der Waals surface area contributed by atoms with Gasteiger partial charge in [-0.15, -0.1) is 6.58 Å². The minimum Gasteiger partial charge on any atom is -0.369 e. The lowest BCUT2D eigenvalue weighted by Gasteiger charge is -2.12. The summed E-state index contributed by atoms with van der Waals surface area (Å²) in [4.78, 5) is 16.4. The van der Waals surface area contributed by atoms with E-state index in [4.69, 9.17) is 9.72 Å². The van der Waals surface area contributed by atoms with Gasteiger partial charge < -0.3 is 9.30 Å². The third-order valence-electron chi connectivity index (χ3n) is 4.47. The van der Waals surface area contributed by atoms with Crippen molar-refractivity contribution < 1.29 is 9.66 Å². The van der Waals surface area contributed by atoms with E-state index in [1.807, 2.05) is 42.5 Å². The second-order valence-electron chi connectivity index (χ2n) is 7.11. The van der Waals surface area contributed by atoms with Gasteiger partial charge in [-0.3, -0.25) is 10.1 Å². The zero-order valence-corrected chi connectivity index (χ0v) is 18.0. The molecule has 6 nitrogen and oxygen atoms in total. The number of non-ortho nitro benzene ring substituents is 1. The summed E-state index contributed by atoms with van der Waals surface area (Å²) in [5.41, 5.74) is 2.13. The standard InChI is InChI=1S/C23H25N3O3S/c1-4-13-25-21(16-29-15-18-9-6-5-7-10-18)24-22(17(2)3)23(25)30-20-12-8-11-19(14-20)26(27)28/h4-12,14,17H,1,13,15-16H2,2-3H3. The molecule has 0 aliphatic heterocycles. The van der Waals surface area contributed by atoms with Gasteiger partial charge >= 0.3 is 0 Å². The summed E-state index contributed by atoms with van der Waals surface area (Å²) >= 11 is 1.48. The van der Waals surface area contributed by atoms with Crippen LogP contribution < -0.4 is 0 Å². The molecule has 0 spiro atoms. The van der Waals surface area contributed by atoms with Crippen molar-refractivity contribution in [2.75, 3.05) is 0 Å². The minimum atomic E-state index is -0.378. The van der Waals surface area contributed by atoms with Crippen LogP contribution in [-0.4, -0.2) is 14.5 Å². The van der Waals surface area contributed by atoms with Crippen molar-refractivity contribution in [1.29, 1.82) is 0 Å². The molecular formula is C23H25N3O3S. The van der Waals surface area contributed by atoms with Crippen LogP contribution in [0.25, 0.3) is 0 Å². The fourth-order valence-corrected chi connectivity index (χ4v) is 4.25. The van der Waals surface area contributed by atoms with Gasteiger partial charge in [0.15, 0.2) is 0 Å². The lowest BCUT2D eigenvalue weighted by molar-refractivity contribution is -0.385. The molecule has 3 rings (SSSR count). The minimum absolute atomic E-state index is 0.0762. The van der Waals surface area contributed by atoms with Crippen molar-refractivity contribution in [2.45, 2.75) is 49.4 Å². The SMILES string of the molecule is C=CCn1c(COCc2ccccc2)nc(C(C)C)c1Sc1cccc([N+](=O)[O-])c1. The van der Waals surface area contributed by atoms with Gasteiger partial charge in [0.25, 0.3) is 5.69 Å². The van der Waals surface area contributed by atoms with E-state index in [0.717, 1.165) is 27.0 Å². The van der Waals surface area contributed by atoms with E-state index in [9.17, 15) is 10.1 Å². The number of nitro groups is 1. The predicted octanol–water partition coefficient (Wildman–Crippen LogP) is 5.97. The third kappa shape index (κ3) is 5.37. The molecule has 0 radical (unpaired) electrons. The molecule has 2 aromatic carbocycles. The summed E-state index contributed by atoms with van der Waals surface area (Å²) in [6.07, 6.45) is 1.82. The maximum absolute atomic E-state index is 11.1. The number of imidazole rings is 1. The number of ether oxygens (including phenoxy) is 1. The fourth-order valence-electron chi connectivity index (χ4n) is 3.02. The summed E-state index contributed by atoms with van der Waals surface area (Å²) in [6, 6.07) is 16.7. The van der Waals surface area contributed by atoms with Gasteiger partial charge in [0.05, 0.1) is 17.2 Å². The van der Waals surface area contributed by atoms with E-state index in [2.05, 4.69) is 25.0 Å². The molecule has 0 N–H and O–H groups in total. The number of hydrogen-bond donors (Lipinski definition) is 0. The average molecular weight is 424 g/mol. The molecule has 3 aromatic rings. The first-order chi connectivity index (χ1) is 14.5. The Morgan fingerprint density at radius 1 is 1.20 bits per heavy atom. The maximum atomic E-state index is 11.1. The van der Waals surface area contributed by atoms with E-state index < -0.39 is 0 Å². The zero-order valence-electron chi connectivity index (χ0n) is 17.2. The van der Waals surface area contributed by atoms with Crippen molar-refractivity contribution in [3.05, 3.63) is 94.4 Å². The Kier molecular flexibility index (Phi) is 7.43. The molecule has 0 bridgehead atoms. The molecule has 30 heavy (non-hydrogen) atoms. The Balaban J connectivity index is 1.88. The van der Waals surface area contributed by atoms with Crippen molar-refractivity contribution >= 4 is 17.4 Å². The molecule has 0 amide bonds. The smallest absolute Gasteiger partial charge is 0.270 e. The van der Waals surface area contributed by atoms with Crippen molar-refractivity contribution in [3.8, 4) is 0 Å². The first-order valence-electron chi connectivity index (χ1n) is 9.73. The monoisotopic (exact) mass is 423 g/mol. The fraction of sp³-hybridized carbons (Fsp3) is 0.261. The van der Waals surface area contributed by atoms with Crippen LogP contribution in [0.15, 0.2) is 77.2 Å². The Morgan fingerprint density at radius 2 is 1.97 bits per heavy atom. The number of allylic oxidation sites excluding steroid dienone is 1. The van der Waals surface area contributed by atoms with E-state index in [1.54, 1.807) is 12.1 Å². The molecule has 0 atom stereocenters. The quantitative estimate of drug-likeness (QED) is 0.228. The Hall–Kier alpha value is -2.90. The lowest BCUT2D eigenvalue weighted by atomic mass is 10.1. The van der Waals surface area contributed by atoms with E-state index in [0.29, 0.717) is 19.8 Å². The highest BCUT2D eigenvalue weighted by molar-refractivity contribution is 7.99. The molecule has 156 valence electrons. The Labute approximate surface area is 180 Å². The molecule has 1 aromatic heterocycles. The predicted molar refractivity (Wildman–Crippen MR) is 119 cm³/mol. The van der Waals surface area contributed by atoms with Crippen molar-refractivity contribution in [3.63, 3.8) is 0 Å². The van der Waals surface area contributed by atoms with Gasteiger partial charge in [0.2, 0.25) is 0 Å². The van der Waals surface area contributed by atoms with Crippen LogP contribution in [0.1, 0.15) is 36.8 Å². The van der Waals surface area contributed by atoms with E-state index in [1.165, 1.54) is 17.8 Å². The second kappa shape index (κ2) is 10.2. The van der Waals surface area contributed by atoms with Crippen LogP contribution in [0.2, 0.25) is 0 Å². The van der Waals surface area contributed by atoms with Crippen molar-refractivity contribution in [1.82, 2.24) is 9.55 Å². The van der Waals surface area contributed by atoms with Gasteiger partial charge in [-0.05, 0) is 17.5 Å². The highest BCUT2D eigenvalue weighted by Gasteiger charge is 2.21. The summed E-state index contributed by atoms with van der Waals surface area (Å²) in [6.45, 7) is 9.52. The molecule has 0 fully saturated rings. The number of nitrogens with zero attached hydrogens (tertiary/aromatic N) is 3. The normalized spacial score (nSPS) is 11.0. The van der Waals surface area contributed by atoms with Gasteiger partial charge in [-0.25, -0.2) is 4.98 Å². The Bertz CT molecular complexity index is 1020. The number of aromatic nitrogens is 2. The van der Waals surface area contributed by atoms with Gasteiger partial charge in [-0.2, -0.15) is 0 Å². The Morgan fingerprint density at radius 3 is 2.63 bits per heavy atom. The van der Waals surface area contributed by atoms with Crippen molar-refractivity contribution in [2.24, 2.45) is 0 Å². The van der Waals surface area contributed by atoms with Crippen LogP contribution in [0.4, 0.5) is 5.69 Å². The molecule has 0 saturated heterocycles. The first kappa shape index (κ1) is 21.8. The highest BCUT2D eigenvalue weighted by Crippen LogP contribution is 2.36. The maximum Gasteiger partial charge on any atom is 0.270 e. The summed E-state index contributed by atoms with van der Waals surface area (Å²) in [5.74, 6) is 1.02. The average Bonchev–Trinajstić information content (AvgIpc) is 3.07. The number of rotatable bonds is 10. The summed E-state index contributed by atoms with van der Waals surface area (Å²) < 4.78 is 8.01. The molecule has 7 heteroatoms. The molecule has 0 aliphatic carbocycles. The summed E-state index contributed by atoms with van der Waals surface area (Å²) in [7, 11) is 0. The topological polar surface area (TPSA) is 70.2 Å². The first-order valence-corrected chi connectivity index (χ1v) is 10.6. The number of nitro benzene ring substituents is 1. The van der Waals surface area contributed by atoms with E-state index in [-0.39, 0.29) is 16.5 Å². The van der Waals surface area contributed by atoms with Crippen LogP contribution in [0.5, 0.6) is 0 Å². The lowest BCUT2D eigenvalue weighted by Crippen LogP contribution is -2.06. The summed E-state index contributed by atoms with van der Waals surface area (Å²) in [5, 5.41) is 12.1. The number of benzene rings is 2. The second-order valence-corrected chi connectivity index (χ2v) is 8.17. The van der Waals surface area contributed by atoms with Gasteiger partial charge in [0, 0.05) is 23.6 Å². The van der Waals surface area contributed by atoms with Crippen LogP contribution in [0, 0.1) is 10.1 Å². The molecule has 0 aliphatic rings. The zero-order chi connectivity index (χ0) is 21.5. The van der Waals surface area contributed by atoms with Crippen LogP contribution >= 0.6 is 11.8 Å². The number of hydrogen-bond acceptors (Lipinski definition) is 5. The van der Waals surface area contributed by atoms with Gasteiger partial charge in [0.1, 0.15) is 17.5 Å². The van der Waals surface area contributed by atoms with Crippen LogP contribution in [-0.2, 0) is 24.5 Å². The molecular weight excluding hydrogens is 398 g/mol. The molecule has 1 heterocycles. The molecule has 0 unspecified atom stereocenters. The van der Waals surface area contributed by atoms with E-state index >= 15 is 0 Å². The van der Waals surface area contributed by atoms with Crippen LogP contribution in [0.3, 0.4) is 0 Å². The van der Waals surface area contributed by atoms with Gasteiger partial charge in [-0.1, -0.05) is 68.1 Å². The molecule has 0 saturated carbocycles. The highest BCUT2D eigenvalue weighted by atomic mass is 32.2.